The van der Waals surface area contributed by atoms with Gasteiger partial charge in [0.1, 0.15) is 0 Å². The third kappa shape index (κ3) is 3.24. The van der Waals surface area contributed by atoms with Crippen molar-refractivity contribution >= 4 is 35.0 Å². The summed E-state index contributed by atoms with van der Waals surface area (Å²) in [4.78, 5) is 40.1. The van der Waals surface area contributed by atoms with Crippen LogP contribution in [-0.4, -0.2) is 72.4 Å². The summed E-state index contributed by atoms with van der Waals surface area (Å²) < 4.78 is 4.53. The Morgan fingerprint density at radius 3 is 2.12 bits per heavy atom. The molecule has 0 saturated carbocycles. The van der Waals surface area contributed by atoms with Gasteiger partial charge < -0.3 is 19.9 Å². The van der Waals surface area contributed by atoms with E-state index in [0.29, 0.717) is 18.2 Å². The molecule has 7 nitrogen and oxygen atoms in total. The minimum atomic E-state index is -0.897. The van der Waals surface area contributed by atoms with Crippen LogP contribution in [0.25, 0.3) is 0 Å². The van der Waals surface area contributed by atoms with Crippen molar-refractivity contribution in [3.63, 3.8) is 0 Å². The van der Waals surface area contributed by atoms with E-state index in [9.17, 15) is 14.4 Å². The van der Waals surface area contributed by atoms with Gasteiger partial charge in [0.2, 0.25) is 0 Å². The smallest absolute Gasteiger partial charge is 0.396 e. The van der Waals surface area contributed by atoms with Crippen molar-refractivity contribution < 1.29 is 19.1 Å². The number of fused-ring (bicyclic) bond motifs is 2. The van der Waals surface area contributed by atoms with E-state index in [1.807, 2.05) is 18.7 Å². The highest BCUT2D eigenvalue weighted by Crippen LogP contribution is 2.42. The van der Waals surface area contributed by atoms with Crippen LogP contribution in [0.15, 0.2) is 0 Å². The molecule has 0 aromatic heterocycles. The van der Waals surface area contributed by atoms with Crippen molar-refractivity contribution in [2.24, 2.45) is 10.8 Å². The van der Waals surface area contributed by atoms with Gasteiger partial charge in [0.15, 0.2) is 10.9 Å². The fourth-order valence-corrected chi connectivity index (χ4v) is 3.99. The number of methoxy groups -OCH3 is 1. The molecule has 0 aliphatic carbocycles. The highest BCUT2D eigenvalue weighted by atomic mass is 32.1. The lowest BCUT2D eigenvalue weighted by Crippen LogP contribution is -2.70. The van der Waals surface area contributed by atoms with Gasteiger partial charge in [-0.3, -0.25) is 9.59 Å². The minimum absolute atomic E-state index is 0.124. The number of likely N-dealkylation sites (tertiary alicyclic amines) is 2. The number of Topliss-reactive ketones (excluding diaryl/α,β-unsaturated/α-hetero) is 1. The van der Waals surface area contributed by atoms with Crippen molar-refractivity contribution in [3.05, 3.63) is 0 Å². The Kier molecular flexibility index (Phi) is 5.17. The molecule has 0 radical (unpaired) electrons. The SMILES string of the molecule is CCCNC(=S)N1C[C@]2(C)CN(C(=O)C(=O)OC)C[C@](C)(C1)C2=O. The molecular formula is C16H25N3O4S. The molecule has 24 heavy (non-hydrogen) atoms. The molecule has 0 aromatic rings. The van der Waals surface area contributed by atoms with Gasteiger partial charge in [-0.1, -0.05) is 6.92 Å². The van der Waals surface area contributed by atoms with E-state index in [-0.39, 0.29) is 18.9 Å². The second-order valence-corrected chi connectivity index (χ2v) is 7.58. The zero-order valence-electron chi connectivity index (χ0n) is 14.7. The highest BCUT2D eigenvalue weighted by molar-refractivity contribution is 7.80. The van der Waals surface area contributed by atoms with E-state index in [1.165, 1.54) is 12.0 Å². The van der Waals surface area contributed by atoms with Gasteiger partial charge >= 0.3 is 11.9 Å². The number of thiocarbonyl (C=S) groups is 1. The highest BCUT2D eigenvalue weighted by Gasteiger charge is 2.57. The Labute approximate surface area is 147 Å². The van der Waals surface area contributed by atoms with Gasteiger partial charge in [0.25, 0.3) is 0 Å². The number of nitrogens with one attached hydrogen (secondary N) is 1. The number of piperidine rings is 2. The summed E-state index contributed by atoms with van der Waals surface area (Å²) in [6, 6.07) is 0. The average molecular weight is 355 g/mol. The summed E-state index contributed by atoms with van der Waals surface area (Å²) in [6.45, 7) is 7.76. The van der Waals surface area contributed by atoms with Crippen LogP contribution in [-0.2, 0) is 19.1 Å². The molecule has 0 spiro atoms. The number of ether oxygens (including phenoxy) is 1. The van der Waals surface area contributed by atoms with Crippen LogP contribution in [0.4, 0.5) is 0 Å². The molecule has 2 rings (SSSR count). The van der Waals surface area contributed by atoms with E-state index in [0.717, 1.165) is 13.0 Å². The first-order valence-corrected chi connectivity index (χ1v) is 8.52. The summed E-state index contributed by atoms with van der Waals surface area (Å²) in [5, 5.41) is 3.83. The van der Waals surface area contributed by atoms with Crippen LogP contribution in [0.3, 0.4) is 0 Å². The molecule has 2 fully saturated rings. The zero-order valence-corrected chi connectivity index (χ0v) is 15.5. The maximum absolute atomic E-state index is 12.9. The third-order valence-electron chi connectivity index (χ3n) is 4.72. The Bertz CT molecular complexity index is 558. The Morgan fingerprint density at radius 1 is 1.17 bits per heavy atom. The molecule has 0 aromatic carbocycles. The summed E-state index contributed by atoms with van der Waals surface area (Å²) in [5.74, 6) is -1.47. The van der Waals surface area contributed by atoms with Crippen molar-refractivity contribution in [2.45, 2.75) is 27.2 Å². The molecule has 1 N–H and O–H groups in total. The minimum Gasteiger partial charge on any atom is -0.462 e. The number of rotatable bonds is 2. The van der Waals surface area contributed by atoms with Gasteiger partial charge in [-0.2, -0.15) is 0 Å². The van der Waals surface area contributed by atoms with Crippen molar-refractivity contribution in [3.8, 4) is 0 Å². The predicted octanol–water partition coefficient (Wildman–Crippen LogP) is 0.183. The third-order valence-corrected chi connectivity index (χ3v) is 5.12. The van der Waals surface area contributed by atoms with Crippen LogP contribution in [0.5, 0.6) is 0 Å². The maximum atomic E-state index is 12.9. The maximum Gasteiger partial charge on any atom is 0.396 e. The summed E-state index contributed by atoms with van der Waals surface area (Å²) in [6.07, 6.45) is 0.961. The summed E-state index contributed by atoms with van der Waals surface area (Å²) in [5.41, 5.74) is -1.51. The number of hydrogen-bond acceptors (Lipinski definition) is 5. The molecule has 2 atom stereocenters. The Morgan fingerprint density at radius 2 is 1.67 bits per heavy atom. The number of esters is 1. The van der Waals surface area contributed by atoms with Crippen LogP contribution in [0.1, 0.15) is 27.2 Å². The van der Waals surface area contributed by atoms with E-state index in [2.05, 4.69) is 17.0 Å². The molecule has 134 valence electrons. The first-order chi connectivity index (χ1) is 11.2. The fraction of sp³-hybridized carbons (Fsp3) is 0.750. The van der Waals surface area contributed by atoms with Crippen LogP contribution in [0, 0.1) is 10.8 Å². The van der Waals surface area contributed by atoms with E-state index in [4.69, 9.17) is 12.2 Å². The molecule has 2 aliphatic rings. The average Bonchev–Trinajstić information content (AvgIpc) is 2.53. The number of carbonyl (C=O) groups is 3. The number of carbonyl (C=O) groups excluding carboxylic acids is 3. The number of ketones is 1. The molecule has 0 unspecified atom stereocenters. The van der Waals surface area contributed by atoms with Crippen molar-refractivity contribution in [1.82, 2.24) is 15.1 Å². The van der Waals surface area contributed by atoms with E-state index >= 15 is 0 Å². The number of nitrogens with zero attached hydrogens (tertiary/aromatic N) is 2. The van der Waals surface area contributed by atoms with E-state index in [1.54, 1.807) is 0 Å². The van der Waals surface area contributed by atoms with E-state index < -0.39 is 22.7 Å². The van der Waals surface area contributed by atoms with Crippen LogP contribution >= 0.6 is 12.2 Å². The predicted molar refractivity (Wildman–Crippen MR) is 92.3 cm³/mol. The largest absolute Gasteiger partial charge is 0.462 e. The Hall–Kier alpha value is -1.70. The second kappa shape index (κ2) is 6.66. The van der Waals surface area contributed by atoms with Gasteiger partial charge in [-0.25, -0.2) is 4.79 Å². The monoisotopic (exact) mass is 355 g/mol. The molecule has 8 heteroatoms. The quantitative estimate of drug-likeness (QED) is 0.430. The second-order valence-electron chi connectivity index (χ2n) is 7.19. The van der Waals surface area contributed by atoms with Crippen molar-refractivity contribution in [1.29, 1.82) is 0 Å². The molecule has 2 bridgehead atoms. The lowest BCUT2D eigenvalue weighted by atomic mass is 9.64. The molecule has 2 heterocycles. The topological polar surface area (TPSA) is 78.9 Å². The van der Waals surface area contributed by atoms with Gasteiger partial charge in [-0.15, -0.1) is 0 Å². The normalized spacial score (nSPS) is 29.2. The summed E-state index contributed by atoms with van der Waals surface area (Å²) >= 11 is 5.45. The summed E-state index contributed by atoms with van der Waals surface area (Å²) in [7, 11) is 1.18. The molecule has 2 aliphatic heterocycles. The van der Waals surface area contributed by atoms with Gasteiger partial charge in [0.05, 0.1) is 17.9 Å². The van der Waals surface area contributed by atoms with Gasteiger partial charge in [-0.05, 0) is 32.5 Å². The number of amides is 1. The number of hydrogen-bond donors (Lipinski definition) is 1. The first kappa shape index (κ1) is 18.6. The first-order valence-electron chi connectivity index (χ1n) is 8.12. The lowest BCUT2D eigenvalue weighted by molar-refractivity contribution is -0.168. The van der Waals surface area contributed by atoms with Crippen LogP contribution < -0.4 is 5.32 Å². The molecule has 2 saturated heterocycles. The van der Waals surface area contributed by atoms with Crippen molar-refractivity contribution in [2.75, 3.05) is 39.8 Å². The lowest BCUT2D eigenvalue weighted by Gasteiger charge is -2.55. The van der Waals surface area contributed by atoms with Gasteiger partial charge in [0, 0.05) is 32.7 Å². The van der Waals surface area contributed by atoms with Crippen LogP contribution in [0.2, 0.25) is 0 Å². The standard InChI is InChI=1S/C16H25N3O4S/c1-5-6-17-14(24)19-9-15(2)7-18(11(20)12(21)23-4)8-16(3,10-19)13(15)22/h5-10H2,1-4H3,(H,17,24)/t15-,16+. The zero-order chi connectivity index (χ0) is 18.1. The molecular weight excluding hydrogens is 330 g/mol. The fourth-order valence-electron chi connectivity index (χ4n) is 3.76. The molecule has 1 amide bonds. The Balaban J connectivity index is 2.22.